The van der Waals surface area contributed by atoms with Crippen LogP contribution in [0.3, 0.4) is 0 Å². The zero-order chi connectivity index (χ0) is 17.1. The molecule has 3 rings (SSSR count). The standard InChI is InChI=1S/C18H24N4OS/c1-12-6-4-8-16(19-12)21-18(23)15-7-5-9-22(10-15)11-17-20-13(2)14(3)24-17/h4,6,8,15H,5,7,9-11H2,1-3H3,(H,19,21,23)/t15-/m1/s1. The van der Waals surface area contributed by atoms with E-state index in [9.17, 15) is 4.79 Å². The predicted molar refractivity (Wildman–Crippen MR) is 97.2 cm³/mol. The Labute approximate surface area is 147 Å². The van der Waals surface area contributed by atoms with Crippen LogP contribution in [0, 0.1) is 26.7 Å². The number of pyridine rings is 1. The third kappa shape index (κ3) is 4.19. The van der Waals surface area contributed by atoms with Crippen molar-refractivity contribution in [2.24, 2.45) is 5.92 Å². The molecule has 0 saturated carbocycles. The number of aryl methyl sites for hydroxylation is 3. The van der Waals surface area contributed by atoms with E-state index < -0.39 is 0 Å². The molecule has 1 fully saturated rings. The molecule has 0 aromatic carbocycles. The maximum Gasteiger partial charge on any atom is 0.229 e. The molecule has 1 saturated heterocycles. The van der Waals surface area contributed by atoms with Crippen LogP contribution in [0.2, 0.25) is 0 Å². The van der Waals surface area contributed by atoms with Gasteiger partial charge in [0.05, 0.1) is 18.2 Å². The maximum atomic E-state index is 12.5. The number of hydrogen-bond acceptors (Lipinski definition) is 5. The molecule has 1 N–H and O–H groups in total. The van der Waals surface area contributed by atoms with Gasteiger partial charge in [0.1, 0.15) is 10.8 Å². The van der Waals surface area contributed by atoms with Gasteiger partial charge in [-0.05, 0) is 52.3 Å². The number of aromatic nitrogens is 2. The predicted octanol–water partition coefficient (Wildman–Crippen LogP) is 3.31. The number of nitrogens with zero attached hydrogens (tertiary/aromatic N) is 3. The van der Waals surface area contributed by atoms with Crippen molar-refractivity contribution < 1.29 is 4.79 Å². The Balaban J connectivity index is 1.59. The van der Waals surface area contributed by atoms with Crippen LogP contribution in [0.25, 0.3) is 0 Å². The molecule has 1 amide bonds. The van der Waals surface area contributed by atoms with Gasteiger partial charge in [-0.3, -0.25) is 9.69 Å². The van der Waals surface area contributed by atoms with Crippen LogP contribution in [0.15, 0.2) is 18.2 Å². The normalized spacial score (nSPS) is 18.5. The van der Waals surface area contributed by atoms with Crippen LogP contribution in [-0.2, 0) is 11.3 Å². The van der Waals surface area contributed by atoms with Gasteiger partial charge in [-0.2, -0.15) is 0 Å². The van der Waals surface area contributed by atoms with Crippen molar-refractivity contribution in [2.45, 2.75) is 40.2 Å². The van der Waals surface area contributed by atoms with E-state index >= 15 is 0 Å². The number of hydrogen-bond donors (Lipinski definition) is 1. The van der Waals surface area contributed by atoms with Gasteiger partial charge < -0.3 is 5.32 Å². The lowest BCUT2D eigenvalue weighted by Crippen LogP contribution is -2.40. The summed E-state index contributed by atoms with van der Waals surface area (Å²) in [6, 6.07) is 5.68. The van der Waals surface area contributed by atoms with E-state index in [0.29, 0.717) is 5.82 Å². The Morgan fingerprint density at radius 1 is 1.33 bits per heavy atom. The summed E-state index contributed by atoms with van der Waals surface area (Å²) >= 11 is 1.76. The summed E-state index contributed by atoms with van der Waals surface area (Å²) in [4.78, 5) is 25.1. The lowest BCUT2D eigenvalue weighted by Gasteiger charge is -2.31. The Kier molecular flexibility index (Phi) is 5.26. The Hall–Kier alpha value is -1.79. The molecule has 24 heavy (non-hydrogen) atoms. The molecule has 128 valence electrons. The molecule has 0 bridgehead atoms. The number of carbonyl (C=O) groups excluding carboxylic acids is 1. The summed E-state index contributed by atoms with van der Waals surface area (Å²) in [6.07, 6.45) is 1.98. The molecule has 0 unspecified atom stereocenters. The van der Waals surface area contributed by atoms with Crippen molar-refractivity contribution in [3.63, 3.8) is 0 Å². The van der Waals surface area contributed by atoms with E-state index in [-0.39, 0.29) is 11.8 Å². The minimum Gasteiger partial charge on any atom is -0.310 e. The highest BCUT2D eigenvalue weighted by Crippen LogP contribution is 2.23. The number of amides is 1. The van der Waals surface area contributed by atoms with Crippen LogP contribution in [-0.4, -0.2) is 33.9 Å². The van der Waals surface area contributed by atoms with Gasteiger partial charge in [0.25, 0.3) is 0 Å². The summed E-state index contributed by atoms with van der Waals surface area (Å²) in [6.45, 7) is 8.75. The van der Waals surface area contributed by atoms with E-state index in [2.05, 4.69) is 34.0 Å². The molecule has 2 aromatic heterocycles. The van der Waals surface area contributed by atoms with Crippen LogP contribution >= 0.6 is 11.3 Å². The zero-order valence-corrected chi connectivity index (χ0v) is 15.3. The lowest BCUT2D eigenvalue weighted by molar-refractivity contribution is -0.121. The number of thiazole rings is 1. The number of likely N-dealkylation sites (tertiary alicyclic amines) is 1. The first-order chi connectivity index (χ1) is 11.5. The Morgan fingerprint density at radius 3 is 2.88 bits per heavy atom. The van der Waals surface area contributed by atoms with Crippen LogP contribution < -0.4 is 5.32 Å². The molecular weight excluding hydrogens is 320 g/mol. The summed E-state index contributed by atoms with van der Waals surface area (Å²) in [5.41, 5.74) is 2.03. The number of piperidine rings is 1. The van der Waals surface area contributed by atoms with Gasteiger partial charge in [-0.1, -0.05) is 6.07 Å². The molecule has 2 aromatic rings. The summed E-state index contributed by atoms with van der Waals surface area (Å²) < 4.78 is 0. The largest absolute Gasteiger partial charge is 0.310 e. The van der Waals surface area contributed by atoms with Gasteiger partial charge in [0.2, 0.25) is 5.91 Å². The molecule has 6 heteroatoms. The molecule has 0 radical (unpaired) electrons. The highest BCUT2D eigenvalue weighted by Gasteiger charge is 2.26. The highest BCUT2D eigenvalue weighted by molar-refractivity contribution is 7.11. The van der Waals surface area contributed by atoms with Gasteiger partial charge in [-0.15, -0.1) is 11.3 Å². The van der Waals surface area contributed by atoms with Gasteiger partial charge in [0, 0.05) is 17.1 Å². The second-order valence-corrected chi connectivity index (χ2v) is 7.76. The van der Waals surface area contributed by atoms with Crippen LogP contribution in [0.4, 0.5) is 5.82 Å². The molecule has 1 atom stereocenters. The summed E-state index contributed by atoms with van der Waals surface area (Å²) in [7, 11) is 0. The van der Waals surface area contributed by atoms with E-state index in [1.165, 1.54) is 4.88 Å². The van der Waals surface area contributed by atoms with E-state index in [0.717, 1.165) is 48.9 Å². The van der Waals surface area contributed by atoms with Crippen LogP contribution in [0.5, 0.6) is 0 Å². The van der Waals surface area contributed by atoms with Crippen molar-refractivity contribution in [1.29, 1.82) is 0 Å². The fourth-order valence-corrected chi connectivity index (χ4v) is 4.03. The smallest absolute Gasteiger partial charge is 0.229 e. The van der Waals surface area contributed by atoms with E-state index in [1.807, 2.05) is 25.1 Å². The molecular formula is C18H24N4OS. The third-order valence-corrected chi connectivity index (χ3v) is 5.51. The zero-order valence-electron chi connectivity index (χ0n) is 14.5. The topological polar surface area (TPSA) is 58.1 Å². The Bertz CT molecular complexity index is 708. The number of anilines is 1. The SMILES string of the molecule is Cc1cccc(NC(=O)[C@@H]2CCCN(Cc3nc(C)c(C)s3)C2)n1. The number of nitrogens with one attached hydrogen (secondary N) is 1. The van der Waals surface area contributed by atoms with E-state index in [1.54, 1.807) is 11.3 Å². The average Bonchev–Trinajstić information content (AvgIpc) is 2.85. The summed E-state index contributed by atoms with van der Waals surface area (Å²) in [5.74, 6) is 0.732. The highest BCUT2D eigenvalue weighted by atomic mass is 32.1. The third-order valence-electron chi connectivity index (χ3n) is 4.45. The fourth-order valence-electron chi connectivity index (χ4n) is 3.05. The van der Waals surface area contributed by atoms with Gasteiger partial charge >= 0.3 is 0 Å². The second kappa shape index (κ2) is 7.40. The first-order valence-corrected chi connectivity index (χ1v) is 9.22. The number of carbonyl (C=O) groups is 1. The molecule has 1 aliphatic rings. The van der Waals surface area contributed by atoms with Crippen LogP contribution in [0.1, 0.15) is 34.1 Å². The van der Waals surface area contributed by atoms with Gasteiger partial charge in [-0.25, -0.2) is 9.97 Å². The van der Waals surface area contributed by atoms with Crippen molar-refractivity contribution in [1.82, 2.24) is 14.9 Å². The molecule has 0 spiro atoms. The molecule has 1 aliphatic heterocycles. The minimum absolute atomic E-state index is 0.0169. The van der Waals surface area contributed by atoms with Gasteiger partial charge in [0.15, 0.2) is 0 Å². The molecule has 3 heterocycles. The number of rotatable bonds is 4. The second-order valence-electron chi connectivity index (χ2n) is 6.48. The molecule has 5 nitrogen and oxygen atoms in total. The lowest BCUT2D eigenvalue weighted by atomic mass is 9.97. The monoisotopic (exact) mass is 344 g/mol. The summed E-state index contributed by atoms with van der Waals surface area (Å²) in [5, 5.41) is 4.11. The fraction of sp³-hybridized carbons (Fsp3) is 0.500. The van der Waals surface area contributed by atoms with Crippen molar-refractivity contribution in [2.75, 3.05) is 18.4 Å². The minimum atomic E-state index is 0.0169. The Morgan fingerprint density at radius 2 is 2.17 bits per heavy atom. The maximum absolute atomic E-state index is 12.5. The van der Waals surface area contributed by atoms with E-state index in [4.69, 9.17) is 0 Å². The first-order valence-electron chi connectivity index (χ1n) is 8.41. The average molecular weight is 344 g/mol. The molecule has 0 aliphatic carbocycles. The van der Waals surface area contributed by atoms with Crippen molar-refractivity contribution >= 4 is 23.1 Å². The van der Waals surface area contributed by atoms with Crippen molar-refractivity contribution in [3.05, 3.63) is 39.5 Å². The van der Waals surface area contributed by atoms with Crippen molar-refractivity contribution in [3.8, 4) is 0 Å². The first kappa shape index (κ1) is 17.0. The quantitative estimate of drug-likeness (QED) is 0.924.